The molecule has 0 unspecified atom stereocenters. The first-order valence-corrected chi connectivity index (χ1v) is 4.52. The lowest BCUT2D eigenvalue weighted by Gasteiger charge is -2.23. The molecule has 3 nitrogen and oxygen atoms in total. The average Bonchev–Trinajstić information content (AvgIpc) is 2.27. The van der Waals surface area contributed by atoms with Crippen LogP contribution in [0.15, 0.2) is 11.6 Å². The van der Waals surface area contributed by atoms with Gasteiger partial charge in [-0.25, -0.2) is 0 Å². The first-order chi connectivity index (χ1) is 6.09. The Bertz CT molecular complexity index is 303. The second-order valence-corrected chi connectivity index (χ2v) is 3.95. The third kappa shape index (κ3) is 1.19. The van der Waals surface area contributed by atoms with Gasteiger partial charge in [0.25, 0.3) is 0 Å². The minimum Gasteiger partial charge on any atom is -0.393 e. The van der Waals surface area contributed by atoms with Crippen molar-refractivity contribution in [2.45, 2.75) is 20.3 Å². The van der Waals surface area contributed by atoms with Gasteiger partial charge in [0.1, 0.15) is 0 Å². The number of hydrogen-bond donors (Lipinski definition) is 0. The van der Waals surface area contributed by atoms with Crippen LogP contribution in [0.4, 0.5) is 0 Å². The normalized spacial score (nSPS) is 38.3. The molecule has 1 fully saturated rings. The van der Waals surface area contributed by atoms with Gasteiger partial charge in [0.2, 0.25) is 0 Å². The molecule has 70 valence electrons. The molecule has 0 N–H and O–H groups in total. The zero-order chi connectivity index (χ0) is 9.59. The molecular weight excluding hydrogens is 168 g/mol. The summed E-state index contributed by atoms with van der Waals surface area (Å²) >= 11 is 0. The van der Waals surface area contributed by atoms with Crippen molar-refractivity contribution in [1.82, 2.24) is 0 Å². The average molecular weight is 180 g/mol. The fourth-order valence-electron chi connectivity index (χ4n) is 2.31. The van der Waals surface area contributed by atoms with E-state index < -0.39 is 0 Å². The minimum absolute atomic E-state index is 0.137. The maximum absolute atomic E-state index is 11.3. The third-order valence-corrected chi connectivity index (χ3v) is 2.87. The SMILES string of the molecule is CC1=C[C@H](C)[C@@H]2C(=O)OC(=O)[C@H]2C1. The number of fused-ring (bicyclic) bond motifs is 1. The van der Waals surface area contributed by atoms with Crippen LogP contribution in [0.3, 0.4) is 0 Å². The van der Waals surface area contributed by atoms with Gasteiger partial charge < -0.3 is 4.74 Å². The maximum atomic E-state index is 11.3. The Balaban J connectivity index is 2.34. The summed E-state index contributed by atoms with van der Waals surface area (Å²) in [7, 11) is 0. The molecule has 1 aliphatic carbocycles. The molecule has 0 aromatic carbocycles. The molecule has 0 bridgehead atoms. The monoisotopic (exact) mass is 180 g/mol. The van der Waals surface area contributed by atoms with Gasteiger partial charge in [0, 0.05) is 0 Å². The van der Waals surface area contributed by atoms with Crippen LogP contribution in [0.5, 0.6) is 0 Å². The number of hydrogen-bond acceptors (Lipinski definition) is 3. The van der Waals surface area contributed by atoms with E-state index in [0.717, 1.165) is 0 Å². The van der Waals surface area contributed by atoms with Crippen LogP contribution in [-0.2, 0) is 14.3 Å². The van der Waals surface area contributed by atoms with Crippen molar-refractivity contribution in [3.63, 3.8) is 0 Å². The first-order valence-electron chi connectivity index (χ1n) is 4.52. The molecule has 13 heavy (non-hydrogen) atoms. The zero-order valence-corrected chi connectivity index (χ0v) is 7.74. The van der Waals surface area contributed by atoms with E-state index in [-0.39, 0.29) is 29.7 Å². The second-order valence-electron chi connectivity index (χ2n) is 3.95. The van der Waals surface area contributed by atoms with Crippen molar-refractivity contribution in [3.05, 3.63) is 11.6 Å². The van der Waals surface area contributed by atoms with Gasteiger partial charge in [-0.1, -0.05) is 18.6 Å². The maximum Gasteiger partial charge on any atom is 0.318 e. The Morgan fingerprint density at radius 2 is 2.08 bits per heavy atom. The number of carbonyl (C=O) groups excluding carboxylic acids is 2. The zero-order valence-electron chi connectivity index (χ0n) is 7.74. The molecule has 0 spiro atoms. The van der Waals surface area contributed by atoms with Gasteiger partial charge in [-0.05, 0) is 19.3 Å². The van der Waals surface area contributed by atoms with Crippen LogP contribution >= 0.6 is 0 Å². The predicted molar refractivity (Wildman–Crippen MR) is 45.6 cm³/mol. The summed E-state index contributed by atoms with van der Waals surface area (Å²) in [6.07, 6.45) is 2.74. The van der Waals surface area contributed by atoms with Crippen LogP contribution in [-0.4, -0.2) is 11.9 Å². The van der Waals surface area contributed by atoms with Gasteiger partial charge in [-0.15, -0.1) is 0 Å². The molecule has 1 aliphatic heterocycles. The van der Waals surface area contributed by atoms with Crippen LogP contribution in [0, 0.1) is 17.8 Å². The van der Waals surface area contributed by atoms with Crippen molar-refractivity contribution in [1.29, 1.82) is 0 Å². The summed E-state index contributed by atoms with van der Waals surface area (Å²) in [6, 6.07) is 0. The number of rotatable bonds is 0. The number of carbonyl (C=O) groups is 2. The Morgan fingerprint density at radius 3 is 2.77 bits per heavy atom. The Hall–Kier alpha value is -1.12. The number of esters is 2. The van der Waals surface area contributed by atoms with E-state index in [1.165, 1.54) is 5.57 Å². The van der Waals surface area contributed by atoms with E-state index in [0.29, 0.717) is 6.42 Å². The van der Waals surface area contributed by atoms with Gasteiger partial charge in [0.05, 0.1) is 11.8 Å². The summed E-state index contributed by atoms with van der Waals surface area (Å²) in [5, 5.41) is 0. The highest BCUT2D eigenvalue weighted by molar-refractivity contribution is 5.97. The fourth-order valence-corrected chi connectivity index (χ4v) is 2.31. The van der Waals surface area contributed by atoms with Crippen LogP contribution < -0.4 is 0 Å². The molecule has 0 amide bonds. The fraction of sp³-hybridized carbons (Fsp3) is 0.600. The Morgan fingerprint density at radius 1 is 1.38 bits per heavy atom. The van der Waals surface area contributed by atoms with Crippen LogP contribution in [0.25, 0.3) is 0 Å². The molecule has 0 saturated carbocycles. The highest BCUT2D eigenvalue weighted by Crippen LogP contribution is 2.39. The second kappa shape index (κ2) is 2.69. The smallest absolute Gasteiger partial charge is 0.318 e. The number of cyclic esters (lactones) is 2. The molecule has 0 radical (unpaired) electrons. The number of ether oxygens (including phenoxy) is 1. The lowest BCUT2D eigenvalue weighted by atomic mass is 9.76. The van der Waals surface area contributed by atoms with E-state index in [1.807, 2.05) is 13.8 Å². The summed E-state index contributed by atoms with van der Waals surface area (Å²) in [6.45, 7) is 3.95. The van der Waals surface area contributed by atoms with Crippen molar-refractivity contribution < 1.29 is 14.3 Å². The van der Waals surface area contributed by atoms with Gasteiger partial charge >= 0.3 is 11.9 Å². The quantitative estimate of drug-likeness (QED) is 0.320. The highest BCUT2D eigenvalue weighted by atomic mass is 16.6. The summed E-state index contributed by atoms with van der Waals surface area (Å²) in [4.78, 5) is 22.5. The van der Waals surface area contributed by atoms with E-state index in [2.05, 4.69) is 10.8 Å². The van der Waals surface area contributed by atoms with Gasteiger partial charge in [-0.3, -0.25) is 9.59 Å². The van der Waals surface area contributed by atoms with Gasteiger partial charge in [0.15, 0.2) is 0 Å². The predicted octanol–water partition coefficient (Wildman–Crippen LogP) is 1.29. The Labute approximate surface area is 76.8 Å². The largest absolute Gasteiger partial charge is 0.393 e. The van der Waals surface area contributed by atoms with Crippen molar-refractivity contribution >= 4 is 11.9 Å². The van der Waals surface area contributed by atoms with E-state index in [4.69, 9.17) is 0 Å². The van der Waals surface area contributed by atoms with E-state index >= 15 is 0 Å². The third-order valence-electron chi connectivity index (χ3n) is 2.87. The van der Waals surface area contributed by atoms with Crippen molar-refractivity contribution in [3.8, 4) is 0 Å². The minimum atomic E-state index is -0.341. The summed E-state index contributed by atoms with van der Waals surface area (Å²) < 4.78 is 4.62. The highest BCUT2D eigenvalue weighted by Gasteiger charge is 2.48. The molecule has 1 heterocycles. The molecule has 3 atom stereocenters. The molecule has 2 rings (SSSR count). The summed E-state index contributed by atoms with van der Waals surface area (Å²) in [5.74, 6) is -0.984. The van der Waals surface area contributed by atoms with E-state index in [9.17, 15) is 9.59 Å². The first kappa shape index (κ1) is 8.48. The molecule has 3 heteroatoms. The molecular formula is C10H12O3. The van der Waals surface area contributed by atoms with Crippen LogP contribution in [0.1, 0.15) is 20.3 Å². The van der Waals surface area contributed by atoms with Crippen molar-refractivity contribution in [2.75, 3.05) is 0 Å². The van der Waals surface area contributed by atoms with E-state index in [1.54, 1.807) is 0 Å². The van der Waals surface area contributed by atoms with Crippen LogP contribution in [0.2, 0.25) is 0 Å². The van der Waals surface area contributed by atoms with Crippen molar-refractivity contribution in [2.24, 2.45) is 17.8 Å². The molecule has 2 aliphatic rings. The number of allylic oxidation sites excluding steroid dienone is 2. The standard InChI is InChI=1S/C10H12O3/c1-5-3-6(2)8-7(4-5)9(11)13-10(8)12/h3,6-8H,4H2,1-2H3/t6-,7-,8-/m0/s1. The molecule has 0 aromatic rings. The lowest BCUT2D eigenvalue weighted by molar-refractivity contribution is -0.153. The molecule has 0 aromatic heterocycles. The lowest BCUT2D eigenvalue weighted by Crippen LogP contribution is -2.27. The van der Waals surface area contributed by atoms with Gasteiger partial charge in [-0.2, -0.15) is 0 Å². The topological polar surface area (TPSA) is 43.4 Å². The summed E-state index contributed by atoms with van der Waals surface area (Å²) in [5.41, 5.74) is 1.18. The Kier molecular flexibility index (Phi) is 1.75. The molecule has 1 saturated heterocycles.